The standard InChI is InChI=1S/C27H40N4O9/c1-13(2)18(30-25(33)34)22-28-20(15(5)36-9)16(38-22)11-12-17-21(24(32)37-10)29-23(39-17)19(14(3)4)31-26(35)40-27(6,7)8/h13-14,18-19,30H,5,11-12H2,1-4,6-10H3,(H,31,35)(H,33,34). The van der Waals surface area contributed by atoms with Crippen molar-refractivity contribution in [3.05, 3.63) is 41.3 Å². The molecule has 0 saturated heterocycles. The number of rotatable bonds is 12. The SMILES string of the molecule is C=C(OC)c1nc(C(NC(=O)O)C(C)C)oc1CCc1oc(C(NC(=O)OC(C)(C)C)C(C)C)nc1C(=O)OC. The van der Waals surface area contributed by atoms with Gasteiger partial charge in [0.1, 0.15) is 40.7 Å². The average Bonchev–Trinajstić information content (AvgIpc) is 3.46. The van der Waals surface area contributed by atoms with Gasteiger partial charge in [0.05, 0.1) is 14.2 Å². The van der Waals surface area contributed by atoms with Crippen LogP contribution in [0.2, 0.25) is 0 Å². The van der Waals surface area contributed by atoms with Gasteiger partial charge in [-0.05, 0) is 32.6 Å². The van der Waals surface area contributed by atoms with Crippen molar-refractivity contribution in [2.45, 2.75) is 79.0 Å². The van der Waals surface area contributed by atoms with E-state index < -0.39 is 35.8 Å². The van der Waals surface area contributed by atoms with Crippen molar-refractivity contribution in [3.63, 3.8) is 0 Å². The lowest BCUT2D eigenvalue weighted by atomic mass is 10.0. The minimum absolute atomic E-state index is 0.0476. The summed E-state index contributed by atoms with van der Waals surface area (Å²) in [6, 6.07) is -1.41. The molecule has 2 atom stereocenters. The summed E-state index contributed by atoms with van der Waals surface area (Å²) in [4.78, 5) is 45.2. The van der Waals surface area contributed by atoms with Gasteiger partial charge in [0.15, 0.2) is 5.69 Å². The third-order valence-electron chi connectivity index (χ3n) is 5.71. The smallest absolute Gasteiger partial charge is 0.408 e. The molecule has 0 aliphatic rings. The van der Waals surface area contributed by atoms with Crippen LogP contribution >= 0.6 is 0 Å². The molecule has 0 aliphatic carbocycles. The van der Waals surface area contributed by atoms with Crippen molar-refractivity contribution < 1.29 is 42.5 Å². The number of alkyl carbamates (subject to hydrolysis) is 1. The lowest BCUT2D eigenvalue weighted by Crippen LogP contribution is -2.37. The summed E-state index contributed by atoms with van der Waals surface area (Å²) in [6.07, 6.45) is -1.57. The van der Waals surface area contributed by atoms with Gasteiger partial charge in [0.25, 0.3) is 0 Å². The molecule has 0 aliphatic heterocycles. The van der Waals surface area contributed by atoms with Crippen molar-refractivity contribution in [1.29, 1.82) is 0 Å². The van der Waals surface area contributed by atoms with Crippen molar-refractivity contribution >= 4 is 23.9 Å². The van der Waals surface area contributed by atoms with Gasteiger partial charge in [-0.15, -0.1) is 0 Å². The molecule has 222 valence electrons. The molecule has 2 aromatic heterocycles. The minimum Gasteiger partial charge on any atom is -0.495 e. The van der Waals surface area contributed by atoms with E-state index >= 15 is 0 Å². The van der Waals surface area contributed by atoms with Crippen LogP contribution in [-0.4, -0.2) is 53.1 Å². The Morgan fingerprint density at radius 3 is 1.77 bits per heavy atom. The molecule has 0 fully saturated rings. The molecule has 40 heavy (non-hydrogen) atoms. The largest absolute Gasteiger partial charge is 0.495 e. The summed E-state index contributed by atoms with van der Waals surface area (Å²) in [6.45, 7) is 16.5. The van der Waals surface area contributed by atoms with Gasteiger partial charge in [-0.25, -0.2) is 24.4 Å². The molecule has 0 spiro atoms. The Morgan fingerprint density at radius 1 is 0.875 bits per heavy atom. The Labute approximate surface area is 233 Å². The number of aromatic nitrogens is 2. The number of aryl methyl sites for hydroxylation is 2. The van der Waals surface area contributed by atoms with E-state index in [1.165, 1.54) is 14.2 Å². The zero-order valence-electron chi connectivity index (χ0n) is 24.5. The zero-order chi connectivity index (χ0) is 30.4. The van der Waals surface area contributed by atoms with Gasteiger partial charge in [0.2, 0.25) is 11.8 Å². The topological polar surface area (TPSA) is 175 Å². The quantitative estimate of drug-likeness (QED) is 0.233. The van der Waals surface area contributed by atoms with E-state index in [1.807, 2.05) is 27.7 Å². The molecule has 2 unspecified atom stereocenters. The Balaban J connectivity index is 2.43. The second-order valence-electron chi connectivity index (χ2n) is 10.8. The van der Waals surface area contributed by atoms with Crippen LogP contribution < -0.4 is 10.6 Å². The molecular formula is C27H40N4O9. The first kappa shape index (κ1) is 32.2. The van der Waals surface area contributed by atoms with E-state index in [1.54, 1.807) is 20.8 Å². The highest BCUT2D eigenvalue weighted by atomic mass is 16.6. The van der Waals surface area contributed by atoms with Gasteiger partial charge in [-0.3, -0.25) is 0 Å². The summed E-state index contributed by atoms with van der Waals surface area (Å²) in [5.41, 5.74) is -0.450. The number of ether oxygens (including phenoxy) is 3. The molecule has 2 amide bonds. The number of nitrogens with zero attached hydrogens (tertiary/aromatic N) is 2. The van der Waals surface area contributed by atoms with Crippen LogP contribution in [0, 0.1) is 11.8 Å². The third kappa shape index (κ3) is 8.48. The first-order chi connectivity index (χ1) is 18.6. The van der Waals surface area contributed by atoms with E-state index in [0.717, 1.165) is 0 Å². The Kier molecular flexibility index (Phi) is 10.7. The minimum atomic E-state index is -1.22. The van der Waals surface area contributed by atoms with Gasteiger partial charge < -0.3 is 38.8 Å². The lowest BCUT2D eigenvalue weighted by Gasteiger charge is -2.24. The molecule has 13 heteroatoms. The number of hydrogen-bond donors (Lipinski definition) is 3. The zero-order valence-corrected chi connectivity index (χ0v) is 24.5. The predicted octanol–water partition coefficient (Wildman–Crippen LogP) is 5.04. The molecule has 0 aromatic carbocycles. The summed E-state index contributed by atoms with van der Waals surface area (Å²) in [5.74, 6) is -0.0109. The van der Waals surface area contributed by atoms with Crippen LogP contribution in [0.3, 0.4) is 0 Å². The first-order valence-electron chi connectivity index (χ1n) is 12.9. The molecule has 2 rings (SSSR count). The number of carbonyl (C=O) groups is 3. The van der Waals surface area contributed by atoms with E-state index in [9.17, 15) is 19.5 Å². The molecule has 3 N–H and O–H groups in total. The number of esters is 1. The number of methoxy groups -OCH3 is 2. The van der Waals surface area contributed by atoms with Crippen molar-refractivity contribution in [1.82, 2.24) is 20.6 Å². The Bertz CT molecular complexity index is 1210. The number of carbonyl (C=O) groups excluding carboxylic acids is 2. The fourth-order valence-electron chi connectivity index (χ4n) is 3.74. The third-order valence-corrected chi connectivity index (χ3v) is 5.71. The number of hydrogen-bond acceptors (Lipinski definition) is 10. The van der Waals surface area contributed by atoms with Crippen molar-refractivity contribution in [2.75, 3.05) is 14.2 Å². The predicted molar refractivity (Wildman–Crippen MR) is 143 cm³/mol. The summed E-state index contributed by atoms with van der Waals surface area (Å²) < 4.78 is 27.5. The molecule has 0 radical (unpaired) electrons. The maximum atomic E-state index is 12.6. The highest BCUT2D eigenvalue weighted by Gasteiger charge is 2.31. The number of nitrogens with one attached hydrogen (secondary N) is 2. The van der Waals surface area contributed by atoms with Gasteiger partial charge in [-0.2, -0.15) is 0 Å². The fraction of sp³-hybridized carbons (Fsp3) is 0.593. The van der Waals surface area contributed by atoms with Gasteiger partial charge in [-0.1, -0.05) is 34.3 Å². The number of amides is 2. The second kappa shape index (κ2) is 13.4. The van der Waals surface area contributed by atoms with E-state index in [-0.39, 0.29) is 53.7 Å². The molecule has 2 heterocycles. The number of oxazole rings is 2. The molecular weight excluding hydrogens is 524 g/mol. The maximum Gasteiger partial charge on any atom is 0.408 e. The number of carboxylic acid groups (broad SMARTS) is 1. The van der Waals surface area contributed by atoms with Gasteiger partial charge >= 0.3 is 18.2 Å². The molecule has 2 aromatic rings. The summed E-state index contributed by atoms with van der Waals surface area (Å²) in [7, 11) is 2.65. The van der Waals surface area contributed by atoms with Crippen LogP contribution in [0.25, 0.3) is 5.76 Å². The van der Waals surface area contributed by atoms with Crippen molar-refractivity contribution in [3.8, 4) is 0 Å². The monoisotopic (exact) mass is 564 g/mol. The van der Waals surface area contributed by atoms with Gasteiger partial charge in [0, 0.05) is 12.8 Å². The highest BCUT2D eigenvalue weighted by Crippen LogP contribution is 2.30. The first-order valence-corrected chi connectivity index (χ1v) is 12.9. The van der Waals surface area contributed by atoms with E-state index in [2.05, 4.69) is 27.2 Å². The highest BCUT2D eigenvalue weighted by molar-refractivity contribution is 5.88. The van der Waals surface area contributed by atoms with Crippen LogP contribution in [0.15, 0.2) is 15.4 Å². The van der Waals surface area contributed by atoms with Crippen LogP contribution in [-0.2, 0) is 27.1 Å². The van der Waals surface area contributed by atoms with Crippen molar-refractivity contribution in [2.24, 2.45) is 11.8 Å². The second-order valence-corrected chi connectivity index (χ2v) is 10.8. The van der Waals surface area contributed by atoms with E-state index in [0.29, 0.717) is 11.5 Å². The fourth-order valence-corrected chi connectivity index (χ4v) is 3.74. The van der Waals surface area contributed by atoms with Crippen LogP contribution in [0.4, 0.5) is 9.59 Å². The van der Waals surface area contributed by atoms with E-state index in [4.69, 9.17) is 23.0 Å². The summed E-state index contributed by atoms with van der Waals surface area (Å²) in [5, 5.41) is 14.4. The van der Waals surface area contributed by atoms with Crippen LogP contribution in [0.1, 0.15) is 100 Å². The Hall–Kier alpha value is -4.03. The molecule has 13 nitrogen and oxygen atoms in total. The molecule has 0 bridgehead atoms. The maximum absolute atomic E-state index is 12.6. The average molecular weight is 565 g/mol. The van der Waals surface area contributed by atoms with Crippen LogP contribution in [0.5, 0.6) is 0 Å². The Morgan fingerprint density at radius 2 is 1.35 bits per heavy atom. The normalized spacial score (nSPS) is 13.1. The summed E-state index contributed by atoms with van der Waals surface area (Å²) >= 11 is 0. The molecule has 0 saturated carbocycles. The lowest BCUT2D eigenvalue weighted by molar-refractivity contribution is 0.0478.